The standard InChI is InChI=1S/C8H11NO/c1-6-7-4-2-3-5-8(7)9-10-6/h2-5H2,1H3. The molecule has 0 N–H and O–H groups in total. The first kappa shape index (κ1) is 5.96. The van der Waals surface area contributed by atoms with Crippen LogP contribution in [0.15, 0.2) is 4.52 Å². The Kier molecular flexibility index (Phi) is 1.26. The molecule has 2 heteroatoms. The molecule has 0 unspecified atom stereocenters. The monoisotopic (exact) mass is 137 g/mol. The lowest BCUT2D eigenvalue weighted by molar-refractivity contribution is 0.390. The van der Waals surface area contributed by atoms with E-state index in [1.165, 1.54) is 30.5 Å². The van der Waals surface area contributed by atoms with Crippen molar-refractivity contribution in [3.8, 4) is 0 Å². The van der Waals surface area contributed by atoms with Crippen molar-refractivity contribution in [2.24, 2.45) is 0 Å². The maximum absolute atomic E-state index is 5.07. The van der Waals surface area contributed by atoms with Crippen LogP contribution in [0.25, 0.3) is 0 Å². The number of rotatable bonds is 0. The molecule has 0 amide bonds. The fourth-order valence-electron chi connectivity index (χ4n) is 1.55. The number of hydrogen-bond acceptors (Lipinski definition) is 2. The van der Waals surface area contributed by atoms with Crippen LogP contribution >= 0.6 is 0 Å². The highest BCUT2D eigenvalue weighted by atomic mass is 16.5. The van der Waals surface area contributed by atoms with Gasteiger partial charge in [0, 0.05) is 5.56 Å². The van der Waals surface area contributed by atoms with Crippen molar-refractivity contribution in [2.45, 2.75) is 32.6 Å². The highest BCUT2D eigenvalue weighted by Gasteiger charge is 2.15. The normalized spacial score (nSPS) is 16.9. The average molecular weight is 137 g/mol. The second-order valence-corrected chi connectivity index (χ2v) is 2.87. The van der Waals surface area contributed by atoms with E-state index in [0.29, 0.717) is 0 Å². The Morgan fingerprint density at radius 2 is 2.10 bits per heavy atom. The lowest BCUT2D eigenvalue weighted by Crippen LogP contribution is -2.00. The Bertz CT molecular complexity index is 239. The first-order valence-corrected chi connectivity index (χ1v) is 3.82. The van der Waals surface area contributed by atoms with Crippen molar-refractivity contribution in [3.63, 3.8) is 0 Å². The Morgan fingerprint density at radius 3 is 2.90 bits per heavy atom. The molecule has 2 rings (SSSR count). The van der Waals surface area contributed by atoms with Gasteiger partial charge < -0.3 is 4.52 Å². The van der Waals surface area contributed by atoms with Crippen LogP contribution in [-0.4, -0.2) is 5.16 Å². The van der Waals surface area contributed by atoms with Crippen LogP contribution in [0.5, 0.6) is 0 Å². The Balaban J connectivity index is 2.45. The molecule has 0 radical (unpaired) electrons. The molecule has 10 heavy (non-hydrogen) atoms. The summed E-state index contributed by atoms with van der Waals surface area (Å²) >= 11 is 0. The van der Waals surface area contributed by atoms with Crippen molar-refractivity contribution in [1.29, 1.82) is 0 Å². The van der Waals surface area contributed by atoms with Crippen LogP contribution in [0.3, 0.4) is 0 Å². The van der Waals surface area contributed by atoms with E-state index in [0.717, 1.165) is 12.2 Å². The minimum absolute atomic E-state index is 1.02. The van der Waals surface area contributed by atoms with E-state index in [2.05, 4.69) is 5.16 Å². The molecule has 1 heterocycles. The van der Waals surface area contributed by atoms with Crippen molar-refractivity contribution in [1.82, 2.24) is 5.16 Å². The summed E-state index contributed by atoms with van der Waals surface area (Å²) < 4.78 is 5.07. The van der Waals surface area contributed by atoms with Crippen LogP contribution < -0.4 is 0 Å². The fourth-order valence-corrected chi connectivity index (χ4v) is 1.55. The second-order valence-electron chi connectivity index (χ2n) is 2.87. The second kappa shape index (κ2) is 2.11. The van der Waals surface area contributed by atoms with Gasteiger partial charge in [-0.05, 0) is 32.6 Å². The Hall–Kier alpha value is -0.790. The van der Waals surface area contributed by atoms with Crippen LogP contribution in [0.2, 0.25) is 0 Å². The smallest absolute Gasteiger partial charge is 0.137 e. The van der Waals surface area contributed by atoms with E-state index in [1.807, 2.05) is 6.92 Å². The summed E-state index contributed by atoms with van der Waals surface area (Å²) in [5, 5.41) is 3.98. The zero-order chi connectivity index (χ0) is 6.97. The van der Waals surface area contributed by atoms with E-state index in [-0.39, 0.29) is 0 Å². The molecule has 0 atom stereocenters. The largest absolute Gasteiger partial charge is 0.361 e. The topological polar surface area (TPSA) is 26.0 Å². The molecule has 1 aliphatic rings. The third kappa shape index (κ3) is 0.753. The van der Waals surface area contributed by atoms with Gasteiger partial charge in [-0.1, -0.05) is 5.16 Å². The Morgan fingerprint density at radius 1 is 1.30 bits per heavy atom. The van der Waals surface area contributed by atoms with Crippen molar-refractivity contribution < 1.29 is 4.52 Å². The molecule has 1 aliphatic carbocycles. The van der Waals surface area contributed by atoms with Gasteiger partial charge in [0.2, 0.25) is 0 Å². The molecule has 2 nitrogen and oxygen atoms in total. The summed E-state index contributed by atoms with van der Waals surface area (Å²) in [6.45, 7) is 2.00. The van der Waals surface area contributed by atoms with Gasteiger partial charge in [-0.3, -0.25) is 0 Å². The summed E-state index contributed by atoms with van der Waals surface area (Å²) in [6.07, 6.45) is 4.87. The molecule has 0 aliphatic heterocycles. The van der Waals surface area contributed by atoms with Crippen molar-refractivity contribution in [2.75, 3.05) is 0 Å². The third-order valence-electron chi connectivity index (χ3n) is 2.16. The molecule has 0 saturated heterocycles. The number of aryl methyl sites for hydroxylation is 2. The lowest BCUT2D eigenvalue weighted by atomic mass is 9.97. The molecule has 0 spiro atoms. The summed E-state index contributed by atoms with van der Waals surface area (Å²) in [4.78, 5) is 0. The SMILES string of the molecule is Cc1onc2c1CCCC2. The molecule has 54 valence electrons. The maximum Gasteiger partial charge on any atom is 0.137 e. The molecule has 0 bridgehead atoms. The first-order chi connectivity index (χ1) is 4.88. The van der Waals surface area contributed by atoms with E-state index in [4.69, 9.17) is 4.52 Å². The fraction of sp³-hybridized carbons (Fsp3) is 0.625. The van der Waals surface area contributed by atoms with Gasteiger partial charge in [-0.2, -0.15) is 0 Å². The van der Waals surface area contributed by atoms with E-state index >= 15 is 0 Å². The molecular formula is C8H11NO. The van der Waals surface area contributed by atoms with E-state index in [1.54, 1.807) is 0 Å². The van der Waals surface area contributed by atoms with Crippen LogP contribution in [0, 0.1) is 6.92 Å². The number of fused-ring (bicyclic) bond motifs is 1. The highest BCUT2D eigenvalue weighted by molar-refractivity contribution is 5.24. The molecule has 1 aromatic heterocycles. The summed E-state index contributed by atoms with van der Waals surface area (Å²) in [5.74, 6) is 1.02. The van der Waals surface area contributed by atoms with Crippen molar-refractivity contribution in [3.05, 3.63) is 17.0 Å². The number of hydrogen-bond donors (Lipinski definition) is 0. The summed E-state index contributed by atoms with van der Waals surface area (Å²) in [6, 6.07) is 0. The van der Waals surface area contributed by atoms with E-state index in [9.17, 15) is 0 Å². The van der Waals surface area contributed by atoms with E-state index < -0.39 is 0 Å². The molecule has 0 fully saturated rings. The third-order valence-corrected chi connectivity index (χ3v) is 2.16. The van der Waals surface area contributed by atoms with Crippen molar-refractivity contribution >= 4 is 0 Å². The van der Waals surface area contributed by atoms with Gasteiger partial charge in [0.15, 0.2) is 0 Å². The average Bonchev–Trinajstić information content (AvgIpc) is 2.34. The van der Waals surface area contributed by atoms with Gasteiger partial charge in [-0.15, -0.1) is 0 Å². The van der Waals surface area contributed by atoms with Crippen LogP contribution in [0.1, 0.15) is 29.9 Å². The lowest BCUT2D eigenvalue weighted by Gasteiger charge is -2.07. The zero-order valence-electron chi connectivity index (χ0n) is 6.18. The minimum atomic E-state index is 1.02. The van der Waals surface area contributed by atoms with Crippen LogP contribution in [0.4, 0.5) is 0 Å². The van der Waals surface area contributed by atoms with Gasteiger partial charge in [0.05, 0.1) is 5.69 Å². The maximum atomic E-state index is 5.07. The van der Waals surface area contributed by atoms with Crippen LogP contribution in [-0.2, 0) is 12.8 Å². The molecule has 0 aromatic carbocycles. The van der Waals surface area contributed by atoms with Gasteiger partial charge in [0.25, 0.3) is 0 Å². The minimum Gasteiger partial charge on any atom is -0.361 e. The van der Waals surface area contributed by atoms with Gasteiger partial charge in [0.1, 0.15) is 5.76 Å². The summed E-state index contributed by atoms with van der Waals surface area (Å²) in [5.41, 5.74) is 2.56. The van der Waals surface area contributed by atoms with Gasteiger partial charge in [-0.25, -0.2) is 0 Å². The van der Waals surface area contributed by atoms with Gasteiger partial charge >= 0.3 is 0 Å². The molecular weight excluding hydrogens is 126 g/mol. The summed E-state index contributed by atoms with van der Waals surface area (Å²) in [7, 11) is 0. The predicted molar refractivity (Wildman–Crippen MR) is 37.9 cm³/mol. The molecule has 1 aromatic rings. The molecule has 0 saturated carbocycles. The highest BCUT2D eigenvalue weighted by Crippen LogP contribution is 2.22. The predicted octanol–water partition coefficient (Wildman–Crippen LogP) is 1.86. The Labute approximate surface area is 60.2 Å². The number of nitrogens with zero attached hydrogens (tertiary/aromatic N) is 1. The first-order valence-electron chi connectivity index (χ1n) is 3.82. The quantitative estimate of drug-likeness (QED) is 0.545. The zero-order valence-corrected chi connectivity index (χ0v) is 6.18. The number of aromatic nitrogens is 1.